The van der Waals surface area contributed by atoms with E-state index < -0.39 is 24.9 Å². The lowest BCUT2D eigenvalue weighted by Crippen LogP contribution is -2.30. The standard InChI is InChI=1S/C14H18F3N3O2S/c1-2-9-6-19-13(22-9)8-23-10-5-11(18-7-10)20-12(21)3-4-14(15,16)17/h7,9H,2-6,8H2,1H3,(H,18,20,21). The van der Waals surface area contributed by atoms with Crippen LogP contribution in [0, 0.1) is 0 Å². The second-order valence-corrected chi connectivity index (χ2v) is 6.28. The first-order valence-electron chi connectivity index (χ1n) is 7.31. The van der Waals surface area contributed by atoms with Gasteiger partial charge in [0, 0.05) is 23.9 Å². The summed E-state index contributed by atoms with van der Waals surface area (Å²) in [7, 11) is 0. The third-order valence-corrected chi connectivity index (χ3v) is 4.25. The Morgan fingerprint density at radius 2 is 2.30 bits per heavy atom. The molecule has 0 fully saturated rings. The van der Waals surface area contributed by atoms with Gasteiger partial charge in [-0.05, 0) is 6.42 Å². The maximum atomic E-state index is 12.0. The number of alkyl halides is 3. The van der Waals surface area contributed by atoms with Gasteiger partial charge >= 0.3 is 6.18 Å². The summed E-state index contributed by atoms with van der Waals surface area (Å²) in [5.74, 6) is 0.994. The van der Waals surface area contributed by atoms with Crippen LogP contribution < -0.4 is 5.32 Å². The maximum absolute atomic E-state index is 12.0. The molecule has 1 N–H and O–H groups in total. The first kappa shape index (κ1) is 17.8. The van der Waals surface area contributed by atoms with Crippen LogP contribution in [0.15, 0.2) is 21.1 Å². The number of rotatable bonds is 6. The van der Waals surface area contributed by atoms with Crippen molar-refractivity contribution < 1.29 is 22.7 Å². The molecule has 0 aromatic heterocycles. The van der Waals surface area contributed by atoms with E-state index in [-0.39, 0.29) is 6.10 Å². The Balaban J connectivity index is 1.64. The number of hydrogen-bond donors (Lipinski definition) is 1. The number of nitrogens with zero attached hydrogens (tertiary/aromatic N) is 2. The topological polar surface area (TPSA) is 63.0 Å². The van der Waals surface area contributed by atoms with Gasteiger partial charge in [0.2, 0.25) is 5.91 Å². The minimum absolute atomic E-state index is 0.155. The summed E-state index contributed by atoms with van der Waals surface area (Å²) in [4.78, 5) is 20.7. The average Bonchev–Trinajstić information content (AvgIpc) is 3.11. The average molecular weight is 349 g/mol. The number of nitrogens with one attached hydrogen (secondary N) is 1. The molecule has 0 saturated heterocycles. The SMILES string of the molecule is CCC1CN=C(CSC2=CN=C(NC(=O)CCC(F)(F)F)C2)O1. The van der Waals surface area contributed by atoms with E-state index >= 15 is 0 Å². The van der Waals surface area contributed by atoms with Crippen LogP contribution in [0.25, 0.3) is 0 Å². The van der Waals surface area contributed by atoms with Crippen molar-refractivity contribution >= 4 is 29.4 Å². The van der Waals surface area contributed by atoms with Gasteiger partial charge in [-0.25, -0.2) is 4.99 Å². The van der Waals surface area contributed by atoms with Crippen LogP contribution in [0.1, 0.15) is 32.6 Å². The number of halogens is 3. The molecule has 0 spiro atoms. The largest absolute Gasteiger partial charge is 0.475 e. The van der Waals surface area contributed by atoms with Crippen molar-refractivity contribution in [2.24, 2.45) is 9.98 Å². The lowest BCUT2D eigenvalue weighted by Gasteiger charge is -2.09. The molecular weight excluding hydrogens is 331 g/mol. The summed E-state index contributed by atoms with van der Waals surface area (Å²) in [6, 6.07) is 0. The van der Waals surface area contributed by atoms with Crippen molar-refractivity contribution in [1.82, 2.24) is 5.32 Å². The zero-order chi connectivity index (χ0) is 16.9. The molecule has 0 aliphatic carbocycles. The van der Waals surface area contributed by atoms with Gasteiger partial charge in [-0.1, -0.05) is 6.92 Å². The van der Waals surface area contributed by atoms with E-state index in [1.54, 1.807) is 6.20 Å². The predicted molar refractivity (Wildman–Crippen MR) is 83.5 cm³/mol. The van der Waals surface area contributed by atoms with E-state index in [0.717, 1.165) is 11.3 Å². The zero-order valence-corrected chi connectivity index (χ0v) is 13.5. The molecule has 2 heterocycles. The molecule has 9 heteroatoms. The number of aliphatic imine (C=N–C) groups is 2. The first-order valence-corrected chi connectivity index (χ1v) is 8.29. The summed E-state index contributed by atoms with van der Waals surface area (Å²) in [6.07, 6.45) is -2.96. The van der Waals surface area contributed by atoms with Gasteiger partial charge in [-0.3, -0.25) is 9.79 Å². The highest BCUT2D eigenvalue weighted by Gasteiger charge is 2.28. The lowest BCUT2D eigenvalue weighted by atomic mass is 10.3. The van der Waals surface area contributed by atoms with E-state index in [1.807, 2.05) is 6.92 Å². The normalized spacial score (nSPS) is 20.7. The van der Waals surface area contributed by atoms with Gasteiger partial charge < -0.3 is 10.1 Å². The number of thioether (sulfide) groups is 1. The summed E-state index contributed by atoms with van der Waals surface area (Å²) < 4.78 is 41.8. The number of hydrogen-bond acceptors (Lipinski definition) is 5. The molecule has 128 valence electrons. The quantitative estimate of drug-likeness (QED) is 0.802. The Hall–Kier alpha value is -1.51. The molecule has 2 rings (SSSR count). The lowest BCUT2D eigenvalue weighted by molar-refractivity contribution is -0.143. The van der Waals surface area contributed by atoms with Crippen LogP contribution in [0.4, 0.5) is 13.2 Å². The third-order valence-electron chi connectivity index (χ3n) is 3.24. The van der Waals surface area contributed by atoms with E-state index in [9.17, 15) is 18.0 Å². The second kappa shape index (κ2) is 7.85. The van der Waals surface area contributed by atoms with E-state index in [0.29, 0.717) is 30.5 Å². The van der Waals surface area contributed by atoms with Crippen molar-refractivity contribution in [1.29, 1.82) is 0 Å². The number of amidine groups is 1. The van der Waals surface area contributed by atoms with Gasteiger partial charge in [0.1, 0.15) is 11.9 Å². The van der Waals surface area contributed by atoms with E-state index in [2.05, 4.69) is 15.3 Å². The van der Waals surface area contributed by atoms with Crippen molar-refractivity contribution in [3.63, 3.8) is 0 Å². The summed E-state index contributed by atoms with van der Waals surface area (Å²) in [5, 5.41) is 2.41. The van der Waals surface area contributed by atoms with Crippen molar-refractivity contribution in [2.45, 2.75) is 44.9 Å². The molecule has 23 heavy (non-hydrogen) atoms. The number of ether oxygens (including phenoxy) is 1. The van der Waals surface area contributed by atoms with E-state index in [1.165, 1.54) is 11.8 Å². The molecule has 0 bridgehead atoms. The second-order valence-electron chi connectivity index (χ2n) is 5.18. The molecule has 1 atom stereocenters. The monoisotopic (exact) mass is 349 g/mol. The number of amides is 1. The molecule has 1 unspecified atom stereocenters. The fourth-order valence-electron chi connectivity index (χ4n) is 1.97. The molecule has 2 aliphatic heterocycles. The van der Waals surface area contributed by atoms with Gasteiger partial charge in [0.15, 0.2) is 5.90 Å². The molecule has 0 aromatic rings. The fourth-order valence-corrected chi connectivity index (χ4v) is 2.80. The number of carbonyl (C=O) groups excluding carboxylic acids is 1. The minimum Gasteiger partial charge on any atom is -0.475 e. The van der Waals surface area contributed by atoms with Gasteiger partial charge in [-0.15, -0.1) is 11.8 Å². The zero-order valence-electron chi connectivity index (χ0n) is 12.7. The maximum Gasteiger partial charge on any atom is 0.389 e. The Morgan fingerprint density at radius 1 is 1.52 bits per heavy atom. The van der Waals surface area contributed by atoms with Crippen molar-refractivity contribution in [3.8, 4) is 0 Å². The molecule has 2 aliphatic rings. The van der Waals surface area contributed by atoms with Crippen LogP contribution in [-0.4, -0.2) is 42.2 Å². The Labute approximate surface area is 136 Å². The summed E-state index contributed by atoms with van der Waals surface area (Å²) in [5.41, 5.74) is 0. The Morgan fingerprint density at radius 3 is 2.96 bits per heavy atom. The van der Waals surface area contributed by atoms with Crippen molar-refractivity contribution in [3.05, 3.63) is 11.1 Å². The number of carbonyl (C=O) groups is 1. The highest BCUT2D eigenvalue weighted by atomic mass is 32.2. The van der Waals surface area contributed by atoms with Crippen LogP contribution >= 0.6 is 11.8 Å². The van der Waals surface area contributed by atoms with Crippen LogP contribution in [0.2, 0.25) is 0 Å². The third kappa shape index (κ3) is 6.25. The first-order chi connectivity index (χ1) is 10.9. The molecule has 0 radical (unpaired) electrons. The van der Waals surface area contributed by atoms with Crippen LogP contribution in [0.5, 0.6) is 0 Å². The minimum atomic E-state index is -4.33. The molecule has 0 aromatic carbocycles. The van der Waals surface area contributed by atoms with Crippen LogP contribution in [0.3, 0.4) is 0 Å². The molecular formula is C14H18F3N3O2S. The molecule has 5 nitrogen and oxygen atoms in total. The van der Waals surface area contributed by atoms with Gasteiger partial charge in [0.25, 0.3) is 0 Å². The smallest absolute Gasteiger partial charge is 0.389 e. The molecule has 0 saturated carbocycles. The Kier molecular flexibility index (Phi) is 6.09. The summed E-state index contributed by atoms with van der Waals surface area (Å²) in [6.45, 7) is 2.72. The Bertz CT molecular complexity index is 544. The summed E-state index contributed by atoms with van der Waals surface area (Å²) >= 11 is 1.50. The van der Waals surface area contributed by atoms with Crippen LogP contribution in [-0.2, 0) is 9.53 Å². The highest BCUT2D eigenvalue weighted by Crippen LogP contribution is 2.26. The van der Waals surface area contributed by atoms with Crippen molar-refractivity contribution in [2.75, 3.05) is 12.3 Å². The van der Waals surface area contributed by atoms with E-state index in [4.69, 9.17) is 4.74 Å². The van der Waals surface area contributed by atoms with Gasteiger partial charge in [-0.2, -0.15) is 13.2 Å². The fraction of sp³-hybridized carbons (Fsp3) is 0.643. The highest BCUT2D eigenvalue weighted by molar-refractivity contribution is 8.03. The van der Waals surface area contributed by atoms with Gasteiger partial charge in [0.05, 0.1) is 18.7 Å². The molecule has 1 amide bonds. The predicted octanol–water partition coefficient (Wildman–Crippen LogP) is 3.03.